The van der Waals surface area contributed by atoms with Gasteiger partial charge in [-0.15, -0.1) is 0 Å². The third-order valence-electron chi connectivity index (χ3n) is 1.12. The van der Waals surface area contributed by atoms with Crippen molar-refractivity contribution in [2.75, 3.05) is 26.2 Å². The molecule has 0 aromatic heterocycles. The molecule has 0 aliphatic rings. The molecule has 9 heteroatoms. The zero-order valence-electron chi connectivity index (χ0n) is 8.86. The minimum Gasteiger partial charge on any atom is -0.549 e. The van der Waals surface area contributed by atoms with Gasteiger partial charge in [-0.1, -0.05) is 0 Å². The molecule has 0 bridgehead atoms. The van der Waals surface area contributed by atoms with Crippen LogP contribution >= 0.6 is 0 Å². The Morgan fingerprint density at radius 2 is 1.40 bits per heavy atom. The number of hydrogen-bond acceptors (Lipinski definition) is 6. The Kier molecular flexibility index (Phi) is 24.6. The minimum atomic E-state index is -1.38. The molecule has 0 amide bonds. The summed E-state index contributed by atoms with van der Waals surface area (Å²) in [5, 5.41) is 28.4. The number of carboxylic acids is 2. The molecule has 0 fully saturated rings. The molecule has 78 valence electrons. The molecule has 0 saturated carbocycles. The first kappa shape index (κ1) is 24.9. The smallest absolute Gasteiger partial charge is 0.549 e. The number of nitrogens with zero attached hydrogens (tertiary/aromatic N) is 1. The average Bonchev–Trinajstić information content (AvgIpc) is 1.84. The number of carboxylic acid groups (broad SMARTS) is 2. The van der Waals surface area contributed by atoms with E-state index in [1.807, 2.05) is 0 Å². The van der Waals surface area contributed by atoms with Crippen LogP contribution in [0, 0.1) is 0 Å². The molecular weight excluding hydrogens is 228 g/mol. The molecular formula is C6H11NNa2O6. The Morgan fingerprint density at radius 1 is 1.07 bits per heavy atom. The molecule has 0 spiro atoms. The van der Waals surface area contributed by atoms with Crippen LogP contribution in [0.25, 0.3) is 0 Å². The van der Waals surface area contributed by atoms with Gasteiger partial charge in [0.2, 0.25) is 0 Å². The van der Waals surface area contributed by atoms with Crippen molar-refractivity contribution in [3.63, 3.8) is 0 Å². The Balaban J connectivity index is -0.000000202. The van der Waals surface area contributed by atoms with Crippen molar-refractivity contribution in [3.05, 3.63) is 0 Å². The summed E-state index contributed by atoms with van der Waals surface area (Å²) >= 11 is 0. The molecule has 0 rings (SSSR count). The van der Waals surface area contributed by atoms with Gasteiger partial charge >= 0.3 is 59.1 Å². The van der Waals surface area contributed by atoms with E-state index in [-0.39, 0.29) is 77.7 Å². The number of aliphatic hydroxyl groups is 1. The molecule has 0 radical (unpaired) electrons. The van der Waals surface area contributed by atoms with E-state index in [0.29, 0.717) is 0 Å². The summed E-state index contributed by atoms with van der Waals surface area (Å²) in [5.74, 6) is -2.77. The van der Waals surface area contributed by atoms with Crippen LogP contribution in [0.5, 0.6) is 0 Å². The van der Waals surface area contributed by atoms with Crippen molar-refractivity contribution in [2.24, 2.45) is 0 Å². The van der Waals surface area contributed by atoms with Gasteiger partial charge in [0.25, 0.3) is 0 Å². The summed E-state index contributed by atoms with van der Waals surface area (Å²) in [6.45, 7) is -1.37. The predicted octanol–water partition coefficient (Wildman–Crippen LogP) is -11.0. The van der Waals surface area contributed by atoms with Crippen LogP contribution in [-0.2, 0) is 9.59 Å². The number of rotatable bonds is 6. The van der Waals surface area contributed by atoms with Crippen molar-refractivity contribution in [3.8, 4) is 0 Å². The van der Waals surface area contributed by atoms with Gasteiger partial charge < -0.3 is 30.4 Å². The normalized spacial score (nSPS) is 8.13. The Labute approximate surface area is 131 Å². The predicted molar refractivity (Wildman–Crippen MR) is 37.2 cm³/mol. The van der Waals surface area contributed by atoms with Crippen molar-refractivity contribution >= 4 is 11.9 Å². The Hall–Kier alpha value is 0.820. The van der Waals surface area contributed by atoms with Gasteiger partial charge in [0.05, 0.1) is 18.5 Å². The van der Waals surface area contributed by atoms with Gasteiger partial charge in [-0.25, -0.2) is 0 Å². The van der Waals surface area contributed by atoms with Gasteiger partial charge in [-0.2, -0.15) is 0 Å². The number of hydrogen-bond donors (Lipinski definition) is 1. The Morgan fingerprint density at radius 3 is 1.60 bits per heavy atom. The summed E-state index contributed by atoms with van der Waals surface area (Å²) in [6.07, 6.45) is 0. The average molecular weight is 239 g/mol. The monoisotopic (exact) mass is 239 g/mol. The molecule has 0 aliphatic heterocycles. The molecule has 15 heavy (non-hydrogen) atoms. The topological polar surface area (TPSA) is 135 Å². The van der Waals surface area contributed by atoms with E-state index in [2.05, 4.69) is 0 Å². The molecule has 3 N–H and O–H groups in total. The summed E-state index contributed by atoms with van der Waals surface area (Å²) in [4.78, 5) is 21.0. The number of carbonyl (C=O) groups excluding carboxylic acids is 2. The van der Waals surface area contributed by atoms with E-state index in [4.69, 9.17) is 5.11 Å². The largest absolute Gasteiger partial charge is 1.00 e. The van der Waals surface area contributed by atoms with Gasteiger partial charge in [0, 0.05) is 19.6 Å². The zero-order valence-corrected chi connectivity index (χ0v) is 12.9. The SMILES string of the molecule is O.O=C([O-])CN(CCO)CC(=O)[O-].[Na+].[Na+]. The maximum Gasteiger partial charge on any atom is 1.00 e. The van der Waals surface area contributed by atoms with Crippen molar-refractivity contribution in [1.82, 2.24) is 4.90 Å². The third-order valence-corrected chi connectivity index (χ3v) is 1.12. The molecule has 0 saturated heterocycles. The van der Waals surface area contributed by atoms with Gasteiger partial charge in [-0.3, -0.25) is 4.90 Å². The van der Waals surface area contributed by atoms with E-state index in [9.17, 15) is 19.8 Å². The molecule has 0 aromatic rings. The van der Waals surface area contributed by atoms with Crippen LogP contribution in [0.2, 0.25) is 0 Å². The van der Waals surface area contributed by atoms with Crippen LogP contribution in [0.3, 0.4) is 0 Å². The fraction of sp³-hybridized carbons (Fsp3) is 0.667. The second kappa shape index (κ2) is 14.8. The maximum atomic E-state index is 10.0. The first-order valence-corrected chi connectivity index (χ1v) is 3.29. The maximum absolute atomic E-state index is 10.0. The summed E-state index contributed by atoms with van der Waals surface area (Å²) in [5.41, 5.74) is 0. The van der Waals surface area contributed by atoms with Crippen molar-refractivity contribution in [2.45, 2.75) is 0 Å². The molecule has 0 aliphatic carbocycles. The number of aliphatic hydroxyl groups excluding tert-OH is 1. The van der Waals surface area contributed by atoms with Gasteiger partial charge in [0.15, 0.2) is 0 Å². The van der Waals surface area contributed by atoms with E-state index in [0.717, 1.165) is 4.90 Å². The minimum absolute atomic E-state index is 0. The molecule has 0 aromatic carbocycles. The van der Waals surface area contributed by atoms with Crippen molar-refractivity contribution < 1.29 is 89.5 Å². The van der Waals surface area contributed by atoms with Gasteiger partial charge in [-0.05, 0) is 0 Å². The zero-order chi connectivity index (χ0) is 9.56. The fourth-order valence-electron chi connectivity index (χ4n) is 0.721. The quantitative estimate of drug-likeness (QED) is 0.457. The van der Waals surface area contributed by atoms with E-state index in [1.165, 1.54) is 0 Å². The first-order chi connectivity index (χ1) is 5.56. The van der Waals surface area contributed by atoms with E-state index >= 15 is 0 Å². The number of aliphatic carboxylic acids is 2. The van der Waals surface area contributed by atoms with E-state index in [1.54, 1.807) is 0 Å². The molecule has 0 atom stereocenters. The molecule has 7 nitrogen and oxygen atoms in total. The fourth-order valence-corrected chi connectivity index (χ4v) is 0.721. The molecule has 0 heterocycles. The Bertz CT molecular complexity index is 163. The first-order valence-electron chi connectivity index (χ1n) is 3.29. The number of carbonyl (C=O) groups is 2. The standard InChI is InChI=1S/C6H11NO5.2Na.H2O/c8-2-1-7(3-5(9)10)4-6(11)12;;;/h8H,1-4H2,(H,9,10)(H,11,12);;;1H2/q;2*+1;/p-2. The van der Waals surface area contributed by atoms with Crippen LogP contribution in [-0.4, -0.2) is 53.7 Å². The van der Waals surface area contributed by atoms with E-state index < -0.39 is 25.0 Å². The second-order valence-electron chi connectivity index (χ2n) is 2.18. The van der Waals surface area contributed by atoms with Gasteiger partial charge in [0.1, 0.15) is 0 Å². The van der Waals surface area contributed by atoms with Crippen LogP contribution < -0.4 is 69.3 Å². The summed E-state index contributed by atoms with van der Waals surface area (Å²) < 4.78 is 0. The summed E-state index contributed by atoms with van der Waals surface area (Å²) in [7, 11) is 0. The van der Waals surface area contributed by atoms with Crippen LogP contribution in [0.4, 0.5) is 0 Å². The van der Waals surface area contributed by atoms with Crippen LogP contribution in [0.15, 0.2) is 0 Å². The second-order valence-corrected chi connectivity index (χ2v) is 2.18. The van der Waals surface area contributed by atoms with Crippen LogP contribution in [0.1, 0.15) is 0 Å². The van der Waals surface area contributed by atoms with Crippen molar-refractivity contribution in [1.29, 1.82) is 0 Å². The molecule has 0 unspecified atom stereocenters. The summed E-state index contributed by atoms with van der Waals surface area (Å²) in [6, 6.07) is 0. The third kappa shape index (κ3) is 17.4.